The molecular formula is C17H20F2N2. The highest BCUT2D eigenvalue weighted by atomic mass is 19.1. The molecule has 0 heterocycles. The van der Waals surface area contributed by atoms with E-state index in [4.69, 9.17) is 5.73 Å². The Labute approximate surface area is 124 Å². The molecule has 0 aromatic heterocycles. The maximum absolute atomic E-state index is 13.4. The molecule has 1 atom stereocenters. The summed E-state index contributed by atoms with van der Waals surface area (Å²) in [7, 11) is 0. The van der Waals surface area contributed by atoms with Crippen LogP contribution in [0.2, 0.25) is 0 Å². The molecule has 0 aliphatic rings. The van der Waals surface area contributed by atoms with Gasteiger partial charge < -0.3 is 5.73 Å². The molecule has 0 amide bonds. The van der Waals surface area contributed by atoms with E-state index in [0.717, 1.165) is 11.6 Å². The van der Waals surface area contributed by atoms with Crippen molar-refractivity contribution >= 4 is 0 Å². The minimum atomic E-state index is -0.552. The second-order valence-corrected chi connectivity index (χ2v) is 5.12. The van der Waals surface area contributed by atoms with Gasteiger partial charge >= 0.3 is 0 Å². The minimum absolute atomic E-state index is 0.112. The van der Waals surface area contributed by atoms with Crippen LogP contribution in [0.3, 0.4) is 0 Å². The fourth-order valence-corrected chi connectivity index (χ4v) is 2.42. The van der Waals surface area contributed by atoms with Gasteiger partial charge in [-0.3, -0.25) is 4.90 Å². The first-order valence-corrected chi connectivity index (χ1v) is 7.04. The number of rotatable bonds is 6. The number of nitrogens with zero attached hydrogens (tertiary/aromatic N) is 1. The zero-order chi connectivity index (χ0) is 15.2. The molecule has 2 aromatic carbocycles. The van der Waals surface area contributed by atoms with Crippen molar-refractivity contribution in [3.63, 3.8) is 0 Å². The van der Waals surface area contributed by atoms with Crippen molar-refractivity contribution in [2.75, 3.05) is 13.1 Å². The normalized spacial score (nSPS) is 12.6. The van der Waals surface area contributed by atoms with Crippen molar-refractivity contribution in [3.8, 4) is 0 Å². The number of halogens is 2. The van der Waals surface area contributed by atoms with Gasteiger partial charge in [0.25, 0.3) is 0 Å². The summed E-state index contributed by atoms with van der Waals surface area (Å²) in [5, 5.41) is 0. The largest absolute Gasteiger partial charge is 0.329 e. The van der Waals surface area contributed by atoms with E-state index in [0.29, 0.717) is 25.2 Å². The predicted molar refractivity (Wildman–Crippen MR) is 80.7 cm³/mol. The zero-order valence-electron chi connectivity index (χ0n) is 12.1. The summed E-state index contributed by atoms with van der Waals surface area (Å²) in [6.07, 6.45) is 0. The van der Waals surface area contributed by atoms with Crippen molar-refractivity contribution in [2.45, 2.75) is 19.5 Å². The zero-order valence-corrected chi connectivity index (χ0v) is 12.1. The Morgan fingerprint density at radius 2 is 1.67 bits per heavy atom. The van der Waals surface area contributed by atoms with Crippen LogP contribution < -0.4 is 5.73 Å². The van der Waals surface area contributed by atoms with Crippen molar-refractivity contribution in [1.29, 1.82) is 0 Å². The first-order chi connectivity index (χ1) is 10.1. The lowest BCUT2D eigenvalue weighted by Crippen LogP contribution is -2.31. The first kappa shape index (κ1) is 15.6. The Balaban J connectivity index is 2.20. The van der Waals surface area contributed by atoms with E-state index in [-0.39, 0.29) is 6.04 Å². The summed E-state index contributed by atoms with van der Waals surface area (Å²) in [6.45, 7) is 3.79. The molecule has 0 spiro atoms. The van der Waals surface area contributed by atoms with Gasteiger partial charge in [0.1, 0.15) is 11.6 Å². The SMILES string of the molecule is CC(c1cc(F)cc(F)c1)N(CCN)Cc1ccccc1. The second-order valence-electron chi connectivity index (χ2n) is 5.12. The Morgan fingerprint density at radius 1 is 1.05 bits per heavy atom. The van der Waals surface area contributed by atoms with Crippen molar-refractivity contribution in [1.82, 2.24) is 4.90 Å². The number of benzene rings is 2. The van der Waals surface area contributed by atoms with Crippen LogP contribution in [0.4, 0.5) is 8.78 Å². The lowest BCUT2D eigenvalue weighted by atomic mass is 10.1. The van der Waals surface area contributed by atoms with Gasteiger partial charge in [0.2, 0.25) is 0 Å². The molecule has 2 aromatic rings. The topological polar surface area (TPSA) is 29.3 Å². The van der Waals surface area contributed by atoms with Gasteiger partial charge in [0, 0.05) is 31.7 Å². The third-order valence-corrected chi connectivity index (χ3v) is 3.56. The van der Waals surface area contributed by atoms with Gasteiger partial charge in [-0.1, -0.05) is 30.3 Å². The molecule has 2 rings (SSSR count). The van der Waals surface area contributed by atoms with E-state index < -0.39 is 11.6 Å². The molecule has 21 heavy (non-hydrogen) atoms. The van der Waals surface area contributed by atoms with E-state index in [1.807, 2.05) is 37.3 Å². The van der Waals surface area contributed by atoms with Crippen LogP contribution in [0.25, 0.3) is 0 Å². The molecule has 4 heteroatoms. The summed E-state index contributed by atoms with van der Waals surface area (Å²) in [6, 6.07) is 13.5. The van der Waals surface area contributed by atoms with Crippen molar-refractivity contribution in [3.05, 3.63) is 71.3 Å². The molecule has 0 saturated heterocycles. The van der Waals surface area contributed by atoms with Crippen LogP contribution in [0.5, 0.6) is 0 Å². The van der Waals surface area contributed by atoms with Gasteiger partial charge in [0.05, 0.1) is 0 Å². The van der Waals surface area contributed by atoms with Gasteiger partial charge in [-0.05, 0) is 30.2 Å². The fourth-order valence-electron chi connectivity index (χ4n) is 2.42. The monoisotopic (exact) mass is 290 g/mol. The molecule has 1 unspecified atom stereocenters. The predicted octanol–water partition coefficient (Wildman–Crippen LogP) is 3.49. The van der Waals surface area contributed by atoms with E-state index in [1.165, 1.54) is 12.1 Å². The highest BCUT2D eigenvalue weighted by molar-refractivity contribution is 5.22. The quantitative estimate of drug-likeness (QED) is 0.882. The van der Waals surface area contributed by atoms with Crippen LogP contribution in [-0.2, 0) is 6.54 Å². The number of hydrogen-bond donors (Lipinski definition) is 1. The molecule has 0 saturated carbocycles. The van der Waals surface area contributed by atoms with Crippen LogP contribution in [-0.4, -0.2) is 18.0 Å². The number of hydrogen-bond acceptors (Lipinski definition) is 2. The first-order valence-electron chi connectivity index (χ1n) is 7.04. The minimum Gasteiger partial charge on any atom is -0.329 e. The van der Waals surface area contributed by atoms with Gasteiger partial charge in [-0.2, -0.15) is 0 Å². The van der Waals surface area contributed by atoms with Gasteiger partial charge in [-0.25, -0.2) is 8.78 Å². The third kappa shape index (κ3) is 4.34. The average molecular weight is 290 g/mol. The lowest BCUT2D eigenvalue weighted by molar-refractivity contribution is 0.207. The molecule has 0 bridgehead atoms. The molecule has 0 aliphatic heterocycles. The van der Waals surface area contributed by atoms with Crippen LogP contribution in [0, 0.1) is 11.6 Å². The lowest BCUT2D eigenvalue weighted by Gasteiger charge is -2.29. The van der Waals surface area contributed by atoms with Crippen molar-refractivity contribution in [2.24, 2.45) is 5.73 Å². The number of nitrogens with two attached hydrogens (primary N) is 1. The Kier molecular flexibility index (Phi) is 5.42. The molecular weight excluding hydrogens is 270 g/mol. The fraction of sp³-hybridized carbons (Fsp3) is 0.294. The smallest absolute Gasteiger partial charge is 0.126 e. The summed E-state index contributed by atoms with van der Waals surface area (Å²) < 4.78 is 26.8. The van der Waals surface area contributed by atoms with Gasteiger partial charge in [-0.15, -0.1) is 0 Å². The standard InChI is InChI=1S/C17H20F2N2/c1-13(15-9-16(18)11-17(19)10-15)21(8-7-20)12-14-5-3-2-4-6-14/h2-6,9-11,13H,7-8,12,20H2,1H3. The van der Waals surface area contributed by atoms with E-state index in [1.54, 1.807) is 0 Å². The van der Waals surface area contributed by atoms with Crippen LogP contribution in [0.1, 0.15) is 24.1 Å². The summed E-state index contributed by atoms with van der Waals surface area (Å²) >= 11 is 0. The van der Waals surface area contributed by atoms with Crippen LogP contribution >= 0.6 is 0 Å². The maximum atomic E-state index is 13.4. The molecule has 0 aliphatic carbocycles. The highest BCUT2D eigenvalue weighted by Gasteiger charge is 2.17. The second kappa shape index (κ2) is 7.29. The highest BCUT2D eigenvalue weighted by Crippen LogP contribution is 2.23. The average Bonchev–Trinajstić information content (AvgIpc) is 2.46. The Bertz CT molecular complexity index is 552. The molecule has 112 valence electrons. The summed E-state index contributed by atoms with van der Waals surface area (Å²) in [4.78, 5) is 2.11. The Morgan fingerprint density at radius 3 is 2.24 bits per heavy atom. The summed E-state index contributed by atoms with van der Waals surface area (Å²) in [5.41, 5.74) is 7.44. The molecule has 0 fully saturated rings. The van der Waals surface area contributed by atoms with Gasteiger partial charge in [0.15, 0.2) is 0 Å². The molecule has 2 nitrogen and oxygen atoms in total. The third-order valence-electron chi connectivity index (χ3n) is 3.56. The molecule has 2 N–H and O–H groups in total. The van der Waals surface area contributed by atoms with Crippen LogP contribution in [0.15, 0.2) is 48.5 Å². The summed E-state index contributed by atoms with van der Waals surface area (Å²) in [5.74, 6) is -1.10. The van der Waals surface area contributed by atoms with E-state index in [9.17, 15) is 8.78 Å². The molecule has 0 radical (unpaired) electrons. The maximum Gasteiger partial charge on any atom is 0.126 e. The van der Waals surface area contributed by atoms with E-state index in [2.05, 4.69) is 4.90 Å². The Hall–Kier alpha value is -1.78. The van der Waals surface area contributed by atoms with E-state index >= 15 is 0 Å². The van der Waals surface area contributed by atoms with Crippen molar-refractivity contribution < 1.29 is 8.78 Å².